The molecule has 0 saturated carbocycles. The molecule has 0 aliphatic heterocycles. The number of rotatable bonds is 1. The molecule has 2 N–H and O–H groups in total. The minimum atomic E-state index is 0.494. The van der Waals surface area contributed by atoms with Crippen molar-refractivity contribution in [3.63, 3.8) is 0 Å². The number of hydrogen-bond acceptors (Lipinski definition) is 3. The van der Waals surface area contributed by atoms with E-state index in [0.717, 1.165) is 21.1 Å². The van der Waals surface area contributed by atoms with Crippen molar-refractivity contribution in [2.24, 2.45) is 0 Å². The fourth-order valence-corrected chi connectivity index (χ4v) is 2.34. The average Bonchev–Trinajstić information content (AvgIpc) is 2.71. The van der Waals surface area contributed by atoms with Crippen LogP contribution in [0.4, 0.5) is 5.69 Å². The van der Waals surface area contributed by atoms with Crippen LogP contribution in [-0.2, 0) is 0 Å². The predicted octanol–water partition coefficient (Wildman–Crippen LogP) is 4.49. The Balaban J connectivity index is 2.19. The van der Waals surface area contributed by atoms with Gasteiger partial charge in [-0.1, -0.05) is 27.5 Å². The highest BCUT2D eigenvalue weighted by Gasteiger charge is 2.11. The van der Waals surface area contributed by atoms with Gasteiger partial charge in [-0.05, 0) is 36.4 Å². The van der Waals surface area contributed by atoms with Crippen molar-refractivity contribution in [1.82, 2.24) is 4.98 Å². The third-order valence-corrected chi connectivity index (χ3v) is 3.38. The molecule has 0 atom stereocenters. The van der Waals surface area contributed by atoms with E-state index in [9.17, 15) is 0 Å². The Morgan fingerprint density at radius 3 is 2.78 bits per heavy atom. The van der Waals surface area contributed by atoms with E-state index in [1.165, 1.54) is 0 Å². The first-order chi connectivity index (χ1) is 8.63. The molecule has 2 aromatic carbocycles. The molecule has 3 aromatic rings. The van der Waals surface area contributed by atoms with Crippen molar-refractivity contribution < 1.29 is 4.42 Å². The molecule has 0 amide bonds. The van der Waals surface area contributed by atoms with E-state index >= 15 is 0 Å². The SMILES string of the molecule is Nc1ccc(-c2nc3cc(Br)ccc3o2)c(Cl)c1. The van der Waals surface area contributed by atoms with Gasteiger partial charge in [0.1, 0.15) is 5.52 Å². The maximum absolute atomic E-state index is 6.13. The number of anilines is 1. The van der Waals surface area contributed by atoms with E-state index in [-0.39, 0.29) is 0 Å². The lowest BCUT2D eigenvalue weighted by atomic mass is 10.2. The van der Waals surface area contributed by atoms with Gasteiger partial charge in [-0.2, -0.15) is 0 Å². The highest BCUT2D eigenvalue weighted by molar-refractivity contribution is 9.10. The van der Waals surface area contributed by atoms with Crippen LogP contribution >= 0.6 is 27.5 Å². The molecule has 0 aliphatic carbocycles. The quantitative estimate of drug-likeness (QED) is 0.671. The second kappa shape index (κ2) is 4.30. The first-order valence-electron chi connectivity index (χ1n) is 5.25. The van der Waals surface area contributed by atoms with Crippen molar-refractivity contribution >= 4 is 44.3 Å². The summed E-state index contributed by atoms with van der Waals surface area (Å²) in [6, 6.07) is 10.9. The zero-order valence-electron chi connectivity index (χ0n) is 9.15. The molecule has 0 unspecified atom stereocenters. The number of aromatic nitrogens is 1. The average molecular weight is 324 g/mol. The number of halogens is 2. The minimum Gasteiger partial charge on any atom is -0.436 e. The van der Waals surface area contributed by atoms with Gasteiger partial charge in [0.25, 0.3) is 0 Å². The zero-order chi connectivity index (χ0) is 12.7. The van der Waals surface area contributed by atoms with Crippen LogP contribution in [0, 0.1) is 0 Å². The predicted molar refractivity (Wildman–Crippen MR) is 76.6 cm³/mol. The Labute approximate surface area is 117 Å². The molecule has 90 valence electrons. The molecule has 0 saturated heterocycles. The highest BCUT2D eigenvalue weighted by atomic mass is 79.9. The molecular formula is C13H8BrClN2O. The summed E-state index contributed by atoms with van der Waals surface area (Å²) in [5, 5.41) is 0.528. The van der Waals surface area contributed by atoms with Crippen LogP contribution in [-0.4, -0.2) is 4.98 Å². The van der Waals surface area contributed by atoms with Crippen LogP contribution < -0.4 is 5.73 Å². The molecule has 5 heteroatoms. The van der Waals surface area contributed by atoms with Gasteiger partial charge in [0.05, 0.1) is 10.6 Å². The second-order valence-corrected chi connectivity index (χ2v) is 5.19. The molecule has 1 aromatic heterocycles. The second-order valence-electron chi connectivity index (χ2n) is 3.87. The number of fused-ring (bicyclic) bond motifs is 1. The first kappa shape index (κ1) is 11.6. The van der Waals surface area contributed by atoms with Crippen molar-refractivity contribution in [3.8, 4) is 11.5 Å². The maximum Gasteiger partial charge on any atom is 0.228 e. The largest absolute Gasteiger partial charge is 0.436 e. The maximum atomic E-state index is 6.13. The van der Waals surface area contributed by atoms with E-state index in [0.29, 0.717) is 16.6 Å². The number of nitrogens with zero attached hydrogens (tertiary/aromatic N) is 1. The summed E-state index contributed by atoms with van der Waals surface area (Å²) in [6.07, 6.45) is 0. The summed E-state index contributed by atoms with van der Waals surface area (Å²) < 4.78 is 6.63. The zero-order valence-corrected chi connectivity index (χ0v) is 11.5. The van der Waals surface area contributed by atoms with Crippen molar-refractivity contribution in [3.05, 3.63) is 45.9 Å². The highest BCUT2D eigenvalue weighted by Crippen LogP contribution is 2.31. The third-order valence-electron chi connectivity index (χ3n) is 2.57. The number of benzene rings is 2. The summed E-state index contributed by atoms with van der Waals surface area (Å²) in [7, 11) is 0. The standard InChI is InChI=1S/C13H8BrClN2O/c14-7-1-4-12-11(5-7)17-13(18-12)9-3-2-8(16)6-10(9)15/h1-6H,16H2. The van der Waals surface area contributed by atoms with Crippen LogP contribution in [0.25, 0.3) is 22.6 Å². The van der Waals surface area contributed by atoms with Gasteiger partial charge >= 0.3 is 0 Å². The smallest absolute Gasteiger partial charge is 0.228 e. The van der Waals surface area contributed by atoms with E-state index in [1.54, 1.807) is 18.2 Å². The Hall–Kier alpha value is -1.52. The monoisotopic (exact) mass is 322 g/mol. The van der Waals surface area contributed by atoms with Gasteiger partial charge in [0.2, 0.25) is 5.89 Å². The van der Waals surface area contributed by atoms with Crippen LogP contribution in [0.1, 0.15) is 0 Å². The summed E-state index contributed by atoms with van der Waals surface area (Å²) in [6.45, 7) is 0. The fraction of sp³-hybridized carbons (Fsp3) is 0. The first-order valence-corrected chi connectivity index (χ1v) is 6.42. The molecule has 3 nitrogen and oxygen atoms in total. The van der Waals surface area contributed by atoms with Crippen LogP contribution in [0.2, 0.25) is 5.02 Å². The Morgan fingerprint density at radius 2 is 2.00 bits per heavy atom. The Kier molecular flexibility index (Phi) is 2.76. The molecule has 0 spiro atoms. The normalized spacial score (nSPS) is 11.0. The lowest BCUT2D eigenvalue weighted by Crippen LogP contribution is -1.85. The molecule has 0 aliphatic rings. The summed E-state index contributed by atoms with van der Waals surface area (Å²) in [5.41, 5.74) is 8.51. The van der Waals surface area contributed by atoms with E-state index in [4.69, 9.17) is 21.8 Å². The Morgan fingerprint density at radius 1 is 1.17 bits per heavy atom. The Bertz CT molecular complexity index is 739. The molecular weight excluding hydrogens is 316 g/mol. The van der Waals surface area contributed by atoms with E-state index in [1.807, 2.05) is 18.2 Å². The van der Waals surface area contributed by atoms with Gasteiger partial charge in [0, 0.05) is 10.2 Å². The van der Waals surface area contributed by atoms with Crippen molar-refractivity contribution in [2.75, 3.05) is 5.73 Å². The lowest BCUT2D eigenvalue weighted by molar-refractivity contribution is 0.620. The molecule has 0 bridgehead atoms. The van der Waals surface area contributed by atoms with Gasteiger partial charge < -0.3 is 10.2 Å². The van der Waals surface area contributed by atoms with Crippen molar-refractivity contribution in [2.45, 2.75) is 0 Å². The molecule has 0 fully saturated rings. The number of oxazole rings is 1. The van der Waals surface area contributed by atoms with E-state index in [2.05, 4.69) is 20.9 Å². The fourth-order valence-electron chi connectivity index (χ4n) is 1.72. The summed E-state index contributed by atoms with van der Waals surface area (Å²) >= 11 is 9.53. The topological polar surface area (TPSA) is 52.0 Å². The summed E-state index contributed by atoms with van der Waals surface area (Å²) in [5.74, 6) is 0.494. The number of hydrogen-bond donors (Lipinski definition) is 1. The third kappa shape index (κ3) is 1.98. The van der Waals surface area contributed by atoms with Crippen LogP contribution in [0.15, 0.2) is 45.3 Å². The van der Waals surface area contributed by atoms with Crippen molar-refractivity contribution in [1.29, 1.82) is 0 Å². The van der Waals surface area contributed by atoms with Gasteiger partial charge in [-0.3, -0.25) is 0 Å². The van der Waals surface area contributed by atoms with Crippen LogP contribution in [0.3, 0.4) is 0 Å². The lowest BCUT2D eigenvalue weighted by Gasteiger charge is -1.99. The molecule has 18 heavy (non-hydrogen) atoms. The summed E-state index contributed by atoms with van der Waals surface area (Å²) in [4.78, 5) is 4.41. The number of nitrogens with two attached hydrogens (primary N) is 1. The van der Waals surface area contributed by atoms with Crippen LogP contribution in [0.5, 0.6) is 0 Å². The number of nitrogen functional groups attached to an aromatic ring is 1. The minimum absolute atomic E-state index is 0.494. The molecule has 1 heterocycles. The molecule has 0 radical (unpaired) electrons. The van der Waals surface area contributed by atoms with Gasteiger partial charge in [-0.15, -0.1) is 0 Å². The molecule has 3 rings (SSSR count). The van der Waals surface area contributed by atoms with Gasteiger partial charge in [0.15, 0.2) is 5.58 Å². The van der Waals surface area contributed by atoms with Gasteiger partial charge in [-0.25, -0.2) is 4.98 Å². The van der Waals surface area contributed by atoms with E-state index < -0.39 is 0 Å².